The minimum atomic E-state index is -2.93. The highest BCUT2D eigenvalue weighted by atomic mass is 127. The van der Waals surface area contributed by atoms with Gasteiger partial charge in [-0.3, -0.25) is 4.43 Å². The van der Waals surface area contributed by atoms with Crippen LogP contribution in [0.15, 0.2) is 0 Å². The molecule has 0 spiro atoms. The Labute approximate surface area is 150 Å². The Balaban J connectivity index is 4.89. The second-order valence-corrected chi connectivity index (χ2v) is 8.78. The van der Waals surface area contributed by atoms with Crippen LogP contribution >= 0.6 is 38.5 Å². The first-order chi connectivity index (χ1) is 10.1. The number of unbranched alkanes of at least 4 members (excludes halogenated alkanes) is 1. The first-order valence-electron chi connectivity index (χ1n) is 6.74. The molecule has 9 heteroatoms. The lowest BCUT2D eigenvalue weighted by atomic mass is 10.4. The van der Waals surface area contributed by atoms with Crippen LogP contribution in [0.1, 0.15) is 19.3 Å². The summed E-state index contributed by atoms with van der Waals surface area (Å²) in [7, 11) is 3.01. The Hall–Kier alpha value is 1.19. The van der Waals surface area contributed by atoms with Crippen LogP contribution in [0.2, 0.25) is 6.04 Å². The van der Waals surface area contributed by atoms with Crippen LogP contribution in [0.4, 0.5) is 0 Å². The molecule has 0 amide bonds. The lowest BCUT2D eigenvalue weighted by Crippen LogP contribution is -2.55. The molecule has 0 fully saturated rings. The molecule has 0 rings (SSSR count). The second-order valence-electron chi connectivity index (χ2n) is 4.14. The minimum absolute atomic E-state index is 0.570. The molecular weight excluding hydrogens is 475 g/mol. The van der Waals surface area contributed by atoms with Crippen molar-refractivity contribution in [2.45, 2.75) is 31.5 Å². The molecule has 0 bridgehead atoms. The number of methoxy groups -OCH3 is 3. The third-order valence-electron chi connectivity index (χ3n) is 2.81. The fourth-order valence-corrected chi connectivity index (χ4v) is 5.53. The van der Waals surface area contributed by atoms with Gasteiger partial charge in [0.15, 0.2) is 0 Å². The molecule has 0 aliphatic heterocycles. The number of hydrogen-bond acceptors (Lipinski definition) is 6. The van der Waals surface area contributed by atoms with E-state index in [0.29, 0.717) is 12.7 Å². The first kappa shape index (κ1) is 22.2. The molecule has 0 radical (unpaired) electrons. The van der Waals surface area contributed by atoms with Crippen LogP contribution in [-0.4, -0.2) is 59.8 Å². The Kier molecular flexibility index (Phi) is 13.3. The van der Waals surface area contributed by atoms with E-state index in [-0.39, 0.29) is 0 Å². The Morgan fingerprint density at radius 3 is 2.05 bits per heavy atom. The second kappa shape index (κ2) is 12.6. The molecule has 0 aromatic heterocycles. The molecule has 0 aromatic rings. The van der Waals surface area contributed by atoms with E-state index in [1.165, 1.54) is 21.3 Å². The van der Waals surface area contributed by atoms with Gasteiger partial charge < -0.3 is 23.1 Å². The highest BCUT2D eigenvalue weighted by Gasteiger charge is 2.49. The lowest BCUT2D eigenvalue weighted by molar-refractivity contribution is -0.460. The summed E-state index contributed by atoms with van der Waals surface area (Å²) in [6.45, 7) is 0.570. The predicted molar refractivity (Wildman–Crippen MR) is 94.9 cm³/mol. The van der Waals surface area contributed by atoms with E-state index in [1.54, 1.807) is 7.11 Å². The van der Waals surface area contributed by atoms with Gasteiger partial charge in [-0.25, -0.2) is 0 Å². The van der Waals surface area contributed by atoms with E-state index >= 15 is 0 Å². The number of halogens is 2. The van der Waals surface area contributed by atoms with Crippen LogP contribution in [0.3, 0.4) is 0 Å². The van der Waals surface area contributed by atoms with Gasteiger partial charge in [0.1, 0.15) is 0 Å². The molecule has 1 atom stereocenters. The zero-order chi connectivity index (χ0) is 16.2. The molecular formula is C12H26BrIO6Si. The maximum Gasteiger partial charge on any atom is 0.506 e. The predicted octanol–water partition coefficient (Wildman–Crippen LogP) is 3.16. The van der Waals surface area contributed by atoms with E-state index in [4.69, 9.17) is 27.5 Å². The monoisotopic (exact) mass is 500 g/mol. The van der Waals surface area contributed by atoms with Gasteiger partial charge in [0.05, 0.1) is 0 Å². The summed E-state index contributed by atoms with van der Waals surface area (Å²) >= 11 is 5.72. The summed E-state index contributed by atoms with van der Waals surface area (Å²) < 4.78 is 34.1. The third kappa shape index (κ3) is 8.02. The molecule has 6 nitrogen and oxygen atoms in total. The maximum atomic E-state index is 5.97. The summed E-state index contributed by atoms with van der Waals surface area (Å²) in [6.07, 6.45) is 1.29. The van der Waals surface area contributed by atoms with Gasteiger partial charge in [-0.1, -0.05) is 38.5 Å². The van der Waals surface area contributed by atoms with Crippen LogP contribution < -0.4 is 0 Å². The quantitative estimate of drug-likeness (QED) is 0.120. The molecule has 0 aliphatic carbocycles. The fraction of sp³-hybridized carbons (Fsp3) is 1.00. The number of alkyl halides is 2. The number of rotatable bonds is 14. The average molecular weight is 501 g/mol. The zero-order valence-electron chi connectivity index (χ0n) is 13.2. The Bertz CT molecular complexity index is 252. The molecule has 0 N–H and O–H groups in total. The van der Waals surface area contributed by atoms with Crippen molar-refractivity contribution in [3.63, 3.8) is 0 Å². The van der Waals surface area contributed by atoms with E-state index in [2.05, 4.69) is 38.5 Å². The molecule has 0 saturated heterocycles. The standard InChI is InChI=1S/C12H26BrIO6Si/c1-15-12(16-2,17-3)20-21(18-4,11-7-9-14)19-10-6-5-8-13/h5-11H2,1-4H3. The van der Waals surface area contributed by atoms with E-state index in [0.717, 1.165) is 29.0 Å². The molecule has 0 aromatic carbocycles. The van der Waals surface area contributed by atoms with E-state index in [1.807, 2.05) is 0 Å². The highest BCUT2D eigenvalue weighted by molar-refractivity contribution is 14.1. The molecule has 0 saturated carbocycles. The van der Waals surface area contributed by atoms with Crippen LogP contribution in [0, 0.1) is 0 Å². The van der Waals surface area contributed by atoms with Crippen molar-refractivity contribution >= 4 is 47.3 Å². The summed E-state index contributed by atoms with van der Waals surface area (Å²) in [5.74, 6) is 0. The summed E-state index contributed by atoms with van der Waals surface area (Å²) in [5.41, 5.74) is 0. The van der Waals surface area contributed by atoms with Crippen molar-refractivity contribution in [2.24, 2.45) is 0 Å². The van der Waals surface area contributed by atoms with Gasteiger partial charge in [-0.05, 0) is 23.7 Å². The van der Waals surface area contributed by atoms with Crippen LogP contribution in [-0.2, 0) is 27.5 Å². The van der Waals surface area contributed by atoms with Crippen molar-refractivity contribution in [3.05, 3.63) is 0 Å². The average Bonchev–Trinajstić information content (AvgIpc) is 2.54. The fourth-order valence-electron chi connectivity index (χ4n) is 1.63. The lowest BCUT2D eigenvalue weighted by Gasteiger charge is -2.36. The minimum Gasteiger partial charge on any atom is -0.377 e. The SMILES string of the molecule is COC(OC)(OC)O[Si](CCCI)(OC)OCCCCBr. The van der Waals surface area contributed by atoms with Gasteiger partial charge in [-0.15, -0.1) is 0 Å². The first-order valence-corrected chi connectivity index (χ1v) is 11.3. The largest absolute Gasteiger partial charge is 0.506 e. The van der Waals surface area contributed by atoms with Gasteiger partial charge in [0.25, 0.3) is 0 Å². The van der Waals surface area contributed by atoms with Crippen LogP contribution in [0.25, 0.3) is 0 Å². The summed E-state index contributed by atoms with van der Waals surface area (Å²) in [5, 5.41) is 0.949. The van der Waals surface area contributed by atoms with Crippen molar-refractivity contribution in [2.75, 3.05) is 44.8 Å². The molecule has 21 heavy (non-hydrogen) atoms. The normalized spacial score (nSPS) is 15.1. The van der Waals surface area contributed by atoms with Gasteiger partial charge >= 0.3 is 15.0 Å². The topological polar surface area (TPSA) is 55.4 Å². The number of hydrogen-bond donors (Lipinski definition) is 0. The summed E-state index contributed by atoms with van der Waals surface area (Å²) in [4.78, 5) is 0. The van der Waals surface area contributed by atoms with Gasteiger partial charge in [0, 0.05) is 46.4 Å². The number of ether oxygens (including phenoxy) is 3. The van der Waals surface area contributed by atoms with Gasteiger partial charge in [0.2, 0.25) is 0 Å². The Morgan fingerprint density at radius 2 is 1.62 bits per heavy atom. The van der Waals surface area contributed by atoms with Gasteiger partial charge in [-0.2, -0.15) is 0 Å². The maximum absolute atomic E-state index is 5.97. The van der Waals surface area contributed by atoms with Crippen molar-refractivity contribution in [3.8, 4) is 0 Å². The van der Waals surface area contributed by atoms with Crippen LogP contribution in [0.5, 0.6) is 0 Å². The summed E-state index contributed by atoms with van der Waals surface area (Å²) in [6, 6.07) is 0.679. The zero-order valence-corrected chi connectivity index (χ0v) is 17.9. The van der Waals surface area contributed by atoms with E-state index in [9.17, 15) is 0 Å². The smallest absolute Gasteiger partial charge is 0.377 e. The van der Waals surface area contributed by atoms with Crippen molar-refractivity contribution < 1.29 is 27.5 Å². The van der Waals surface area contributed by atoms with E-state index < -0.39 is 15.0 Å². The third-order valence-corrected chi connectivity index (χ3v) is 6.92. The molecule has 1 unspecified atom stereocenters. The Morgan fingerprint density at radius 1 is 1.00 bits per heavy atom. The van der Waals surface area contributed by atoms with Crippen molar-refractivity contribution in [1.82, 2.24) is 0 Å². The molecule has 0 aliphatic rings. The molecule has 0 heterocycles. The van der Waals surface area contributed by atoms with Crippen molar-refractivity contribution in [1.29, 1.82) is 0 Å². The highest BCUT2D eigenvalue weighted by Crippen LogP contribution is 2.27. The molecule has 128 valence electrons.